The number of imidazole rings is 1. The van der Waals surface area contributed by atoms with Gasteiger partial charge in [0, 0.05) is 24.2 Å². The first-order chi connectivity index (χ1) is 18.7. The van der Waals surface area contributed by atoms with Crippen molar-refractivity contribution in [3.8, 4) is 11.8 Å². The van der Waals surface area contributed by atoms with E-state index in [0.717, 1.165) is 17.7 Å². The summed E-state index contributed by atoms with van der Waals surface area (Å²) in [5, 5.41) is 27.6. The van der Waals surface area contributed by atoms with Gasteiger partial charge in [-0.15, -0.1) is 0 Å². The molecule has 1 fully saturated rings. The minimum Gasteiger partial charge on any atom is -0.390 e. The van der Waals surface area contributed by atoms with Crippen molar-refractivity contribution in [2.24, 2.45) is 5.92 Å². The predicted octanol–water partition coefficient (Wildman–Crippen LogP) is 2.80. The van der Waals surface area contributed by atoms with Crippen LogP contribution in [-0.4, -0.2) is 54.9 Å². The van der Waals surface area contributed by atoms with Crippen LogP contribution in [-0.2, 0) is 11.3 Å². The number of carbonyl (C=O) groups excluding carboxylic acids is 1. The van der Waals surface area contributed by atoms with Gasteiger partial charge in [0.1, 0.15) is 6.10 Å². The number of nitrogens with one attached hydrogen (secondary N) is 2. The zero-order chi connectivity index (χ0) is 27.7. The topological polar surface area (TPSA) is 125 Å². The van der Waals surface area contributed by atoms with Gasteiger partial charge < -0.3 is 25.4 Å². The van der Waals surface area contributed by atoms with Crippen LogP contribution >= 0.6 is 11.6 Å². The highest BCUT2D eigenvalue weighted by atomic mass is 35.5. The van der Waals surface area contributed by atoms with Crippen molar-refractivity contribution in [2.75, 3.05) is 12.4 Å². The molecule has 9 nitrogen and oxygen atoms in total. The summed E-state index contributed by atoms with van der Waals surface area (Å²) in [6.07, 6.45) is -0.913. The summed E-state index contributed by atoms with van der Waals surface area (Å²) in [5.74, 6) is 2.68. The van der Waals surface area contributed by atoms with E-state index in [2.05, 4.69) is 37.4 Å². The van der Waals surface area contributed by atoms with Crippen molar-refractivity contribution in [3.63, 3.8) is 0 Å². The third-order valence-electron chi connectivity index (χ3n) is 6.60. The number of hydrogen-bond donors (Lipinski definition) is 4. The smallest absolute Gasteiger partial charge is 0.225 e. The number of aromatic nitrogens is 4. The SMILES string of the molecule is CNC(=O)C1CC(n2cnc3c(NCc4cccc(Cl)c4)nc(C#Cc4ccc(F)c(F)c4)nc32)C(O)C1O. The Kier molecular flexibility index (Phi) is 7.43. The predicted molar refractivity (Wildman–Crippen MR) is 140 cm³/mol. The molecule has 0 aliphatic heterocycles. The number of aliphatic hydroxyl groups is 2. The Hall–Kier alpha value is -4.11. The molecule has 4 unspecified atom stereocenters. The average Bonchev–Trinajstić information content (AvgIpc) is 3.48. The molecule has 200 valence electrons. The Morgan fingerprint density at radius 1 is 1.13 bits per heavy atom. The molecule has 1 aliphatic carbocycles. The number of aliphatic hydroxyl groups excluding tert-OH is 2. The van der Waals surface area contributed by atoms with Crippen molar-refractivity contribution in [3.05, 3.63) is 82.4 Å². The third kappa shape index (κ3) is 5.40. The molecular formula is C27H23ClF2N6O3. The highest BCUT2D eigenvalue weighted by Gasteiger charge is 2.46. The summed E-state index contributed by atoms with van der Waals surface area (Å²) < 4.78 is 28.6. The van der Waals surface area contributed by atoms with Crippen molar-refractivity contribution in [1.82, 2.24) is 24.8 Å². The lowest BCUT2D eigenvalue weighted by molar-refractivity contribution is -0.128. The lowest BCUT2D eigenvalue weighted by atomic mass is 10.1. The van der Waals surface area contributed by atoms with Gasteiger partial charge in [0.15, 0.2) is 28.6 Å². The fourth-order valence-electron chi connectivity index (χ4n) is 4.60. The molecule has 4 aromatic rings. The number of carbonyl (C=O) groups is 1. The Balaban J connectivity index is 1.55. The van der Waals surface area contributed by atoms with Crippen LogP contribution in [0.5, 0.6) is 0 Å². The first kappa shape index (κ1) is 26.5. The highest BCUT2D eigenvalue weighted by Crippen LogP contribution is 2.37. The van der Waals surface area contributed by atoms with Crippen LogP contribution in [0, 0.1) is 29.4 Å². The minimum atomic E-state index is -1.28. The number of nitrogens with zero attached hydrogens (tertiary/aromatic N) is 4. The van der Waals surface area contributed by atoms with E-state index in [4.69, 9.17) is 11.6 Å². The van der Waals surface area contributed by atoms with E-state index >= 15 is 0 Å². The molecule has 2 aromatic carbocycles. The third-order valence-corrected chi connectivity index (χ3v) is 6.84. The normalized spacial score (nSPS) is 20.5. The number of hydrogen-bond acceptors (Lipinski definition) is 7. The fraction of sp³-hybridized carbons (Fsp3) is 0.259. The lowest BCUT2D eigenvalue weighted by Gasteiger charge is -2.18. The molecule has 1 aliphatic rings. The van der Waals surface area contributed by atoms with Crippen molar-refractivity contribution in [2.45, 2.75) is 31.2 Å². The Morgan fingerprint density at radius 3 is 2.69 bits per heavy atom. The van der Waals surface area contributed by atoms with Crippen molar-refractivity contribution >= 4 is 34.5 Å². The van der Waals surface area contributed by atoms with Crippen LogP contribution in [0.15, 0.2) is 48.8 Å². The molecule has 4 atom stereocenters. The highest BCUT2D eigenvalue weighted by molar-refractivity contribution is 6.30. The number of amides is 1. The van der Waals surface area contributed by atoms with Gasteiger partial charge in [-0.2, -0.15) is 0 Å². The molecule has 12 heteroatoms. The maximum atomic E-state index is 13.7. The van der Waals surface area contributed by atoms with E-state index in [1.165, 1.54) is 19.4 Å². The summed E-state index contributed by atoms with van der Waals surface area (Å²) in [6, 6.07) is 9.84. The van der Waals surface area contributed by atoms with E-state index in [1.54, 1.807) is 16.7 Å². The molecule has 39 heavy (non-hydrogen) atoms. The quantitative estimate of drug-likeness (QED) is 0.281. The van der Waals surface area contributed by atoms with Gasteiger partial charge in [0.05, 0.1) is 24.4 Å². The van der Waals surface area contributed by atoms with Gasteiger partial charge in [-0.3, -0.25) is 4.79 Å². The van der Waals surface area contributed by atoms with Crippen LogP contribution in [0.2, 0.25) is 5.02 Å². The molecule has 0 bridgehead atoms. The van der Waals surface area contributed by atoms with Crippen molar-refractivity contribution in [1.29, 1.82) is 0 Å². The maximum Gasteiger partial charge on any atom is 0.225 e. The van der Waals surface area contributed by atoms with E-state index in [0.29, 0.717) is 28.5 Å². The van der Waals surface area contributed by atoms with Crippen LogP contribution in [0.3, 0.4) is 0 Å². The molecule has 2 aromatic heterocycles. The fourth-order valence-corrected chi connectivity index (χ4v) is 4.82. The Morgan fingerprint density at radius 2 is 1.95 bits per heavy atom. The number of anilines is 1. The summed E-state index contributed by atoms with van der Waals surface area (Å²) in [6.45, 7) is 0.346. The van der Waals surface area contributed by atoms with Gasteiger partial charge in [-0.05, 0) is 48.2 Å². The zero-order valence-electron chi connectivity index (χ0n) is 20.6. The summed E-state index contributed by atoms with van der Waals surface area (Å²) >= 11 is 6.10. The van der Waals surface area contributed by atoms with Crippen molar-refractivity contribution < 1.29 is 23.8 Å². The molecule has 1 amide bonds. The number of rotatable bonds is 5. The monoisotopic (exact) mass is 552 g/mol. The molecular weight excluding hydrogens is 530 g/mol. The van der Waals surface area contributed by atoms with Gasteiger partial charge in [-0.25, -0.2) is 23.7 Å². The second-order valence-electron chi connectivity index (χ2n) is 9.09. The Labute approximate surface area is 226 Å². The second kappa shape index (κ2) is 10.9. The molecule has 4 N–H and O–H groups in total. The maximum absolute atomic E-state index is 13.7. The number of benzene rings is 2. The second-order valence-corrected chi connectivity index (χ2v) is 9.52. The van der Waals surface area contributed by atoms with Crippen LogP contribution in [0.25, 0.3) is 11.2 Å². The number of fused-ring (bicyclic) bond motifs is 1. The van der Waals surface area contributed by atoms with Gasteiger partial charge in [-0.1, -0.05) is 29.7 Å². The van der Waals surface area contributed by atoms with Gasteiger partial charge >= 0.3 is 0 Å². The standard InChI is InChI=1S/C27H23ClF2N6O3/c1-31-27(39)17-11-20(24(38)23(17)37)36-13-33-22-25(32-12-15-3-2-4-16(28)9-15)34-21(35-26(22)36)8-6-14-5-7-18(29)19(30)10-14/h2-5,7,9-10,13,17,20,23-24,37-38H,11-12H2,1H3,(H,31,39)(H,32,34,35). The van der Waals surface area contributed by atoms with Crippen LogP contribution in [0.1, 0.15) is 29.4 Å². The number of halogens is 3. The van der Waals surface area contributed by atoms with E-state index < -0.39 is 35.8 Å². The van der Waals surface area contributed by atoms with Crippen LogP contribution in [0.4, 0.5) is 14.6 Å². The average molecular weight is 553 g/mol. The largest absolute Gasteiger partial charge is 0.390 e. The first-order valence-corrected chi connectivity index (χ1v) is 12.4. The zero-order valence-corrected chi connectivity index (χ0v) is 21.3. The molecule has 2 heterocycles. The molecule has 0 saturated heterocycles. The Bertz CT molecular complexity index is 1620. The summed E-state index contributed by atoms with van der Waals surface area (Å²) in [4.78, 5) is 25.7. The van der Waals surface area contributed by atoms with Gasteiger partial charge in [0.25, 0.3) is 0 Å². The minimum absolute atomic E-state index is 0.0541. The van der Waals surface area contributed by atoms with E-state index in [1.807, 2.05) is 12.1 Å². The summed E-state index contributed by atoms with van der Waals surface area (Å²) in [5.41, 5.74) is 1.79. The lowest BCUT2D eigenvalue weighted by Crippen LogP contribution is -2.36. The molecule has 0 spiro atoms. The molecule has 5 rings (SSSR count). The van der Waals surface area contributed by atoms with E-state index in [9.17, 15) is 23.8 Å². The van der Waals surface area contributed by atoms with Gasteiger partial charge in [0.2, 0.25) is 11.7 Å². The van der Waals surface area contributed by atoms with E-state index in [-0.39, 0.29) is 23.7 Å². The summed E-state index contributed by atoms with van der Waals surface area (Å²) in [7, 11) is 1.46. The molecule has 1 saturated carbocycles. The van der Waals surface area contributed by atoms with Crippen LogP contribution < -0.4 is 10.6 Å². The first-order valence-electron chi connectivity index (χ1n) is 12.0. The molecule has 0 radical (unpaired) electrons.